The van der Waals surface area contributed by atoms with Crippen LogP contribution in [-0.2, 0) is 11.3 Å². The van der Waals surface area contributed by atoms with Gasteiger partial charge in [0.25, 0.3) is 0 Å². The molecule has 0 aliphatic carbocycles. The van der Waals surface area contributed by atoms with E-state index in [2.05, 4.69) is 23.9 Å². The molecular formula is C19H35N2O+. The van der Waals surface area contributed by atoms with E-state index in [0.29, 0.717) is 0 Å². The Hall–Kier alpha value is -1.09. The molecule has 0 atom stereocenters. The molecule has 1 aromatic rings. The van der Waals surface area contributed by atoms with Crippen LogP contribution in [0.4, 0.5) is 5.69 Å². The Bertz CT molecular complexity index is 351. The Balaban J connectivity index is 1.79. The average Bonchev–Trinajstić information content (AvgIpc) is 2.53. The SMILES string of the molecule is CCCCCCOCCCCCCCC[n+]1ccc(N)cc1. The maximum Gasteiger partial charge on any atom is 0.170 e. The van der Waals surface area contributed by atoms with Crippen LogP contribution >= 0.6 is 0 Å². The van der Waals surface area contributed by atoms with Crippen LogP contribution in [0.15, 0.2) is 24.5 Å². The minimum atomic E-state index is 0.837. The van der Waals surface area contributed by atoms with Gasteiger partial charge in [-0.2, -0.15) is 0 Å². The Kier molecular flexibility index (Phi) is 11.7. The van der Waals surface area contributed by atoms with E-state index in [9.17, 15) is 0 Å². The highest BCUT2D eigenvalue weighted by Crippen LogP contribution is 2.06. The van der Waals surface area contributed by atoms with Crippen LogP contribution in [-0.4, -0.2) is 13.2 Å². The third kappa shape index (κ3) is 10.6. The predicted octanol–water partition coefficient (Wildman–Crippen LogP) is 4.49. The van der Waals surface area contributed by atoms with E-state index in [1.807, 2.05) is 12.1 Å². The van der Waals surface area contributed by atoms with Crippen LogP contribution in [0.1, 0.15) is 71.1 Å². The highest BCUT2D eigenvalue weighted by molar-refractivity contribution is 5.32. The molecule has 0 aliphatic rings. The number of hydrogen-bond donors (Lipinski definition) is 1. The summed E-state index contributed by atoms with van der Waals surface area (Å²) in [6, 6.07) is 3.92. The molecule has 126 valence electrons. The van der Waals surface area contributed by atoms with Gasteiger partial charge in [0.2, 0.25) is 0 Å². The summed E-state index contributed by atoms with van der Waals surface area (Å²) in [6.45, 7) is 5.25. The lowest BCUT2D eigenvalue weighted by atomic mass is 10.1. The Morgan fingerprint density at radius 1 is 0.818 bits per heavy atom. The van der Waals surface area contributed by atoms with Crippen molar-refractivity contribution in [3.05, 3.63) is 24.5 Å². The number of anilines is 1. The average molecular weight is 308 g/mol. The summed E-state index contributed by atoms with van der Waals surface area (Å²) in [7, 11) is 0. The zero-order valence-corrected chi connectivity index (χ0v) is 14.4. The molecule has 0 saturated carbocycles. The first-order valence-electron chi connectivity index (χ1n) is 9.15. The molecule has 1 aromatic heterocycles. The summed E-state index contributed by atoms with van der Waals surface area (Å²) in [5.41, 5.74) is 6.51. The maximum atomic E-state index is 5.68. The highest BCUT2D eigenvalue weighted by atomic mass is 16.5. The summed E-state index contributed by atoms with van der Waals surface area (Å²) < 4.78 is 7.87. The zero-order chi connectivity index (χ0) is 15.9. The molecule has 0 saturated heterocycles. The second kappa shape index (κ2) is 13.6. The van der Waals surface area contributed by atoms with Gasteiger partial charge < -0.3 is 10.5 Å². The summed E-state index contributed by atoms with van der Waals surface area (Å²) >= 11 is 0. The molecule has 1 heterocycles. The number of aryl methyl sites for hydroxylation is 1. The summed E-state index contributed by atoms with van der Waals surface area (Å²) in [6.07, 6.45) is 17.1. The molecular weight excluding hydrogens is 272 g/mol. The summed E-state index contributed by atoms with van der Waals surface area (Å²) in [4.78, 5) is 0. The largest absolute Gasteiger partial charge is 0.398 e. The molecule has 0 aliphatic heterocycles. The van der Waals surface area contributed by atoms with Gasteiger partial charge in [-0.15, -0.1) is 0 Å². The molecule has 0 radical (unpaired) electrons. The van der Waals surface area contributed by atoms with Gasteiger partial charge in [-0.1, -0.05) is 45.4 Å². The number of aromatic nitrogens is 1. The van der Waals surface area contributed by atoms with E-state index in [-0.39, 0.29) is 0 Å². The summed E-state index contributed by atoms with van der Waals surface area (Å²) in [5, 5.41) is 0. The van der Waals surface area contributed by atoms with Crippen LogP contribution in [0.2, 0.25) is 0 Å². The molecule has 0 amide bonds. The van der Waals surface area contributed by atoms with Crippen molar-refractivity contribution in [2.24, 2.45) is 0 Å². The van der Waals surface area contributed by atoms with Crippen molar-refractivity contribution in [3.63, 3.8) is 0 Å². The highest BCUT2D eigenvalue weighted by Gasteiger charge is 1.99. The number of nitrogens with two attached hydrogens (primary N) is 1. The first-order chi connectivity index (χ1) is 10.8. The van der Waals surface area contributed by atoms with Crippen molar-refractivity contribution in [1.29, 1.82) is 0 Å². The molecule has 1 rings (SSSR count). The summed E-state index contributed by atoms with van der Waals surface area (Å²) in [5.74, 6) is 0. The minimum Gasteiger partial charge on any atom is -0.398 e. The number of pyridine rings is 1. The van der Waals surface area contributed by atoms with Gasteiger partial charge in [0.05, 0.1) is 0 Å². The number of hydrogen-bond acceptors (Lipinski definition) is 2. The van der Waals surface area contributed by atoms with Crippen LogP contribution in [0.3, 0.4) is 0 Å². The second-order valence-corrected chi connectivity index (χ2v) is 6.16. The molecule has 22 heavy (non-hydrogen) atoms. The van der Waals surface area contributed by atoms with E-state index < -0.39 is 0 Å². The lowest BCUT2D eigenvalue weighted by Crippen LogP contribution is -2.32. The molecule has 0 spiro atoms. The third-order valence-electron chi connectivity index (χ3n) is 4.01. The number of nitrogens with zero attached hydrogens (tertiary/aromatic N) is 1. The molecule has 0 aromatic carbocycles. The van der Waals surface area contributed by atoms with Crippen molar-refractivity contribution in [2.45, 2.75) is 77.7 Å². The number of unbranched alkanes of at least 4 members (excludes halogenated alkanes) is 8. The minimum absolute atomic E-state index is 0.837. The number of ether oxygens (including phenoxy) is 1. The van der Waals surface area contributed by atoms with Crippen LogP contribution in [0.25, 0.3) is 0 Å². The molecule has 3 heteroatoms. The standard InChI is InChI=1S/C19H34N2O/c1-2-3-4-10-17-22-18-11-8-6-5-7-9-14-21-15-12-19(20)13-16-21/h12-13,15-16,20H,2-11,14,17-18H2,1H3/p+1. The molecule has 0 unspecified atom stereocenters. The quantitative estimate of drug-likeness (QED) is 0.406. The Morgan fingerprint density at radius 3 is 2.00 bits per heavy atom. The lowest BCUT2D eigenvalue weighted by molar-refractivity contribution is -0.697. The number of rotatable bonds is 14. The van der Waals surface area contributed by atoms with Crippen LogP contribution in [0, 0.1) is 0 Å². The number of nitrogen functional groups attached to an aromatic ring is 1. The molecule has 0 fully saturated rings. The van der Waals surface area contributed by atoms with Gasteiger partial charge in [-0.3, -0.25) is 0 Å². The van der Waals surface area contributed by atoms with Gasteiger partial charge in [-0.05, 0) is 19.3 Å². The first kappa shape index (κ1) is 19.0. The lowest BCUT2D eigenvalue weighted by Gasteiger charge is -2.04. The van der Waals surface area contributed by atoms with Gasteiger partial charge in [0.1, 0.15) is 6.54 Å². The van der Waals surface area contributed by atoms with Gasteiger partial charge >= 0.3 is 0 Å². The van der Waals surface area contributed by atoms with Crippen molar-refractivity contribution < 1.29 is 9.30 Å². The molecule has 3 nitrogen and oxygen atoms in total. The van der Waals surface area contributed by atoms with Crippen molar-refractivity contribution >= 4 is 5.69 Å². The van der Waals surface area contributed by atoms with Crippen molar-refractivity contribution in [2.75, 3.05) is 18.9 Å². The zero-order valence-electron chi connectivity index (χ0n) is 14.4. The Morgan fingerprint density at radius 2 is 1.36 bits per heavy atom. The van der Waals surface area contributed by atoms with Gasteiger partial charge in [0, 0.05) is 37.5 Å². The monoisotopic (exact) mass is 307 g/mol. The van der Waals surface area contributed by atoms with E-state index in [1.165, 1.54) is 64.2 Å². The smallest absolute Gasteiger partial charge is 0.170 e. The topological polar surface area (TPSA) is 39.1 Å². The van der Waals surface area contributed by atoms with Gasteiger partial charge in [-0.25, -0.2) is 4.57 Å². The fourth-order valence-corrected chi connectivity index (χ4v) is 2.56. The predicted molar refractivity (Wildman–Crippen MR) is 93.7 cm³/mol. The van der Waals surface area contributed by atoms with E-state index >= 15 is 0 Å². The van der Waals surface area contributed by atoms with E-state index in [4.69, 9.17) is 10.5 Å². The third-order valence-corrected chi connectivity index (χ3v) is 4.01. The first-order valence-corrected chi connectivity index (χ1v) is 9.15. The maximum absolute atomic E-state index is 5.68. The molecule has 2 N–H and O–H groups in total. The van der Waals surface area contributed by atoms with Crippen molar-refractivity contribution in [1.82, 2.24) is 0 Å². The van der Waals surface area contributed by atoms with Gasteiger partial charge in [0.15, 0.2) is 12.4 Å². The fourth-order valence-electron chi connectivity index (χ4n) is 2.56. The van der Waals surface area contributed by atoms with Crippen molar-refractivity contribution in [3.8, 4) is 0 Å². The van der Waals surface area contributed by atoms with Crippen LogP contribution < -0.4 is 10.3 Å². The normalized spacial score (nSPS) is 11.0. The fraction of sp³-hybridized carbons (Fsp3) is 0.737. The van der Waals surface area contributed by atoms with E-state index in [0.717, 1.165) is 25.4 Å². The second-order valence-electron chi connectivity index (χ2n) is 6.16. The van der Waals surface area contributed by atoms with Crippen LogP contribution in [0.5, 0.6) is 0 Å². The van der Waals surface area contributed by atoms with E-state index in [1.54, 1.807) is 0 Å². The Labute approximate surface area is 136 Å². The molecule has 0 bridgehead atoms.